The van der Waals surface area contributed by atoms with E-state index in [1.807, 2.05) is 35.0 Å². The maximum atomic E-state index is 12.2. The molecule has 4 heteroatoms. The van der Waals surface area contributed by atoms with Crippen molar-refractivity contribution in [3.8, 4) is 5.69 Å². The fourth-order valence-electron chi connectivity index (χ4n) is 2.39. The van der Waals surface area contributed by atoms with Crippen LogP contribution in [0.1, 0.15) is 48.2 Å². The van der Waals surface area contributed by atoms with Crippen molar-refractivity contribution in [3.63, 3.8) is 0 Å². The van der Waals surface area contributed by atoms with Crippen molar-refractivity contribution in [3.05, 3.63) is 47.8 Å². The highest BCUT2D eigenvalue weighted by Gasteiger charge is 2.32. The van der Waals surface area contributed by atoms with E-state index >= 15 is 0 Å². The Hall–Kier alpha value is -2.10. The van der Waals surface area contributed by atoms with E-state index in [9.17, 15) is 4.79 Å². The molecule has 0 spiro atoms. The van der Waals surface area contributed by atoms with Crippen LogP contribution in [0.3, 0.4) is 0 Å². The molecule has 1 aromatic carbocycles. The van der Waals surface area contributed by atoms with Crippen LogP contribution in [0.5, 0.6) is 0 Å². The predicted molar refractivity (Wildman–Crippen MR) is 78.2 cm³/mol. The van der Waals surface area contributed by atoms with Crippen molar-refractivity contribution < 1.29 is 4.79 Å². The largest absolute Gasteiger partial charge is 0.352 e. The van der Waals surface area contributed by atoms with Gasteiger partial charge < -0.3 is 5.32 Å². The van der Waals surface area contributed by atoms with E-state index in [1.54, 1.807) is 6.20 Å². The minimum atomic E-state index is -0.00377. The molecule has 1 N–H and O–H groups in total. The van der Waals surface area contributed by atoms with Gasteiger partial charge in [0.25, 0.3) is 5.91 Å². The summed E-state index contributed by atoms with van der Waals surface area (Å²) in [7, 11) is 0. The molecule has 1 fully saturated rings. The fourth-order valence-corrected chi connectivity index (χ4v) is 2.39. The van der Waals surface area contributed by atoms with Gasteiger partial charge in [0.15, 0.2) is 0 Å². The molecule has 1 heterocycles. The minimum absolute atomic E-state index is 0.00377. The number of aromatic nitrogens is 2. The summed E-state index contributed by atoms with van der Waals surface area (Å²) in [5, 5.41) is 7.38. The van der Waals surface area contributed by atoms with Gasteiger partial charge in [-0.05, 0) is 31.4 Å². The number of carbonyl (C=O) groups is 1. The first-order chi connectivity index (χ1) is 9.81. The topological polar surface area (TPSA) is 46.9 Å². The lowest BCUT2D eigenvalue weighted by Crippen LogP contribution is -2.24. The van der Waals surface area contributed by atoms with E-state index in [1.165, 1.54) is 0 Å². The van der Waals surface area contributed by atoms with Crippen LogP contribution in [0.2, 0.25) is 0 Å². The summed E-state index contributed by atoms with van der Waals surface area (Å²) in [6.07, 6.45) is 4.93. The van der Waals surface area contributed by atoms with Gasteiger partial charge in [-0.15, -0.1) is 0 Å². The minimum Gasteiger partial charge on any atom is -0.352 e. The van der Waals surface area contributed by atoms with Crippen LogP contribution < -0.4 is 5.32 Å². The Morgan fingerprint density at radius 2 is 2.10 bits per heavy atom. The molecule has 0 aliphatic heterocycles. The first-order valence-electron chi connectivity index (χ1n) is 7.22. The molecule has 2 aromatic rings. The van der Waals surface area contributed by atoms with E-state index in [2.05, 4.69) is 17.3 Å². The number of nitrogens with one attached hydrogen (secondary N) is 1. The van der Waals surface area contributed by atoms with Crippen LogP contribution >= 0.6 is 0 Å². The monoisotopic (exact) mass is 269 g/mol. The predicted octanol–water partition coefficient (Wildman–Crippen LogP) is 2.89. The van der Waals surface area contributed by atoms with Crippen LogP contribution in [-0.2, 0) is 0 Å². The number of hydrogen-bond acceptors (Lipinski definition) is 2. The van der Waals surface area contributed by atoms with E-state index < -0.39 is 0 Å². The lowest BCUT2D eigenvalue weighted by atomic mass is 10.1. The van der Waals surface area contributed by atoms with Gasteiger partial charge in [-0.2, -0.15) is 5.10 Å². The molecular weight excluding hydrogens is 250 g/mol. The fraction of sp³-hybridized carbons (Fsp3) is 0.375. The van der Waals surface area contributed by atoms with Gasteiger partial charge in [0.1, 0.15) is 0 Å². The van der Waals surface area contributed by atoms with E-state index in [-0.39, 0.29) is 5.91 Å². The van der Waals surface area contributed by atoms with Gasteiger partial charge in [0.05, 0.1) is 23.1 Å². The zero-order chi connectivity index (χ0) is 13.9. The van der Waals surface area contributed by atoms with Crippen LogP contribution in [-0.4, -0.2) is 22.2 Å². The summed E-state index contributed by atoms with van der Waals surface area (Å²) in [5.41, 5.74) is 2.80. The third-order valence-electron chi connectivity index (χ3n) is 3.55. The molecular formula is C16H19N3O. The van der Waals surface area contributed by atoms with Crippen molar-refractivity contribution >= 4 is 5.91 Å². The van der Waals surface area contributed by atoms with E-state index in [0.717, 1.165) is 36.2 Å². The Morgan fingerprint density at radius 3 is 2.75 bits per heavy atom. The molecule has 1 aliphatic carbocycles. The third-order valence-corrected chi connectivity index (χ3v) is 3.55. The molecule has 20 heavy (non-hydrogen) atoms. The normalized spacial score (nSPS) is 14.2. The van der Waals surface area contributed by atoms with Gasteiger partial charge >= 0.3 is 0 Å². The molecule has 4 nitrogen and oxygen atoms in total. The second kappa shape index (κ2) is 5.49. The smallest absolute Gasteiger partial charge is 0.254 e. The maximum absolute atomic E-state index is 12.2. The Kier molecular flexibility index (Phi) is 3.54. The summed E-state index contributed by atoms with van der Waals surface area (Å²) < 4.78 is 1.92. The average molecular weight is 269 g/mol. The standard InChI is InChI=1S/C16H19N3O/c1-2-10-17-16(20)14-11-18-19(15(14)12-8-9-12)13-6-4-3-5-7-13/h3-7,11-12H,2,8-10H2,1H3,(H,17,20). The number of para-hydroxylation sites is 1. The highest BCUT2D eigenvalue weighted by molar-refractivity contribution is 5.95. The molecule has 0 unspecified atom stereocenters. The number of amides is 1. The summed E-state index contributed by atoms with van der Waals surface area (Å²) in [6.45, 7) is 2.76. The van der Waals surface area contributed by atoms with Crippen LogP contribution in [0, 0.1) is 0 Å². The molecule has 1 aliphatic rings. The lowest BCUT2D eigenvalue weighted by molar-refractivity contribution is 0.0952. The van der Waals surface area contributed by atoms with Crippen molar-refractivity contribution in [2.24, 2.45) is 0 Å². The Morgan fingerprint density at radius 1 is 1.35 bits per heavy atom. The van der Waals surface area contributed by atoms with Gasteiger partial charge in [-0.1, -0.05) is 25.1 Å². The number of carbonyl (C=O) groups excluding carboxylic acids is 1. The van der Waals surface area contributed by atoms with Crippen LogP contribution in [0.4, 0.5) is 0 Å². The van der Waals surface area contributed by atoms with Crippen molar-refractivity contribution in [2.45, 2.75) is 32.1 Å². The highest BCUT2D eigenvalue weighted by atomic mass is 16.1. The van der Waals surface area contributed by atoms with Crippen molar-refractivity contribution in [1.29, 1.82) is 0 Å². The quantitative estimate of drug-likeness (QED) is 0.907. The number of rotatable bonds is 5. The second-order valence-corrected chi connectivity index (χ2v) is 5.22. The molecule has 0 atom stereocenters. The SMILES string of the molecule is CCCNC(=O)c1cnn(-c2ccccc2)c1C1CC1. The zero-order valence-corrected chi connectivity index (χ0v) is 11.7. The van der Waals surface area contributed by atoms with Crippen molar-refractivity contribution in [2.75, 3.05) is 6.54 Å². The highest BCUT2D eigenvalue weighted by Crippen LogP contribution is 2.42. The van der Waals surface area contributed by atoms with E-state index in [4.69, 9.17) is 0 Å². The molecule has 0 bridgehead atoms. The molecule has 0 radical (unpaired) electrons. The first-order valence-corrected chi connectivity index (χ1v) is 7.22. The molecule has 0 saturated heterocycles. The van der Waals surface area contributed by atoms with Crippen molar-refractivity contribution in [1.82, 2.24) is 15.1 Å². The average Bonchev–Trinajstić information content (AvgIpc) is 3.24. The third kappa shape index (κ3) is 2.46. The molecule has 3 rings (SSSR count). The lowest BCUT2D eigenvalue weighted by Gasteiger charge is -2.09. The summed E-state index contributed by atoms with van der Waals surface area (Å²) >= 11 is 0. The Bertz CT molecular complexity index is 599. The van der Waals surface area contributed by atoms with Crippen LogP contribution in [0.15, 0.2) is 36.5 Å². The first kappa shape index (κ1) is 12.9. The zero-order valence-electron chi connectivity index (χ0n) is 11.7. The summed E-state index contributed by atoms with van der Waals surface area (Å²) in [5.74, 6) is 0.469. The van der Waals surface area contributed by atoms with Gasteiger partial charge in [0.2, 0.25) is 0 Å². The Labute approximate surface area is 118 Å². The number of nitrogens with zero attached hydrogens (tertiary/aromatic N) is 2. The van der Waals surface area contributed by atoms with Crippen LogP contribution in [0.25, 0.3) is 5.69 Å². The number of hydrogen-bond donors (Lipinski definition) is 1. The van der Waals surface area contributed by atoms with Gasteiger partial charge in [-0.25, -0.2) is 4.68 Å². The molecule has 1 amide bonds. The summed E-state index contributed by atoms with van der Waals surface area (Å²) in [6, 6.07) is 10.0. The van der Waals surface area contributed by atoms with E-state index in [0.29, 0.717) is 12.5 Å². The second-order valence-electron chi connectivity index (χ2n) is 5.22. The van der Waals surface area contributed by atoms with Gasteiger partial charge in [-0.3, -0.25) is 4.79 Å². The molecule has 1 aromatic heterocycles. The van der Waals surface area contributed by atoms with Gasteiger partial charge in [0, 0.05) is 12.5 Å². The molecule has 1 saturated carbocycles. The summed E-state index contributed by atoms with van der Waals surface area (Å²) in [4.78, 5) is 12.2. The maximum Gasteiger partial charge on any atom is 0.254 e. The Balaban J connectivity index is 1.96. The number of benzene rings is 1. The molecule has 104 valence electrons.